The molecule has 0 bridgehead atoms. The normalized spacial score (nSPS) is 12.7. The van der Waals surface area contributed by atoms with E-state index < -0.39 is 0 Å². The summed E-state index contributed by atoms with van der Waals surface area (Å²) in [6.07, 6.45) is 2.98. The average molecular weight is 265 g/mol. The molecule has 0 saturated heterocycles. The van der Waals surface area contributed by atoms with Gasteiger partial charge in [0.15, 0.2) is 0 Å². The molecule has 3 aromatic rings. The van der Waals surface area contributed by atoms with Gasteiger partial charge in [-0.25, -0.2) is 4.68 Å². The predicted octanol–water partition coefficient (Wildman–Crippen LogP) is 3.70. The van der Waals surface area contributed by atoms with Crippen molar-refractivity contribution in [3.05, 3.63) is 60.3 Å². The Kier molecular flexibility index (Phi) is 3.52. The van der Waals surface area contributed by atoms with Crippen molar-refractivity contribution in [1.29, 1.82) is 0 Å². The Balaban J connectivity index is 2.08. The second-order valence-corrected chi connectivity index (χ2v) is 4.96. The van der Waals surface area contributed by atoms with Crippen LogP contribution in [0.4, 0.5) is 0 Å². The molecule has 0 amide bonds. The van der Waals surface area contributed by atoms with Crippen LogP contribution in [0, 0.1) is 0 Å². The van der Waals surface area contributed by atoms with Crippen molar-refractivity contribution in [1.82, 2.24) is 15.1 Å². The summed E-state index contributed by atoms with van der Waals surface area (Å²) in [7, 11) is 2.00. The molecule has 3 nitrogen and oxygen atoms in total. The lowest BCUT2D eigenvalue weighted by Gasteiger charge is -2.15. The molecule has 0 fully saturated rings. The van der Waals surface area contributed by atoms with E-state index in [1.807, 2.05) is 30.1 Å². The van der Waals surface area contributed by atoms with Crippen LogP contribution in [0.1, 0.15) is 24.9 Å². The van der Waals surface area contributed by atoms with Crippen LogP contribution in [0.5, 0.6) is 0 Å². The lowest BCUT2D eigenvalue weighted by atomic mass is 10.0. The fraction of sp³-hybridized carbons (Fsp3) is 0.235. The molecule has 102 valence electrons. The Hall–Kier alpha value is -2.13. The SMILES string of the molecule is CCC(NC)c1cccc(-n2ncc3ccccc32)c1. The monoisotopic (exact) mass is 265 g/mol. The molecule has 1 heterocycles. The standard InChI is InChI=1S/C17H19N3/c1-3-16(18-2)13-8-6-9-15(11-13)20-17-10-5-4-7-14(17)12-19-20/h4-12,16,18H,3H2,1-2H3. The summed E-state index contributed by atoms with van der Waals surface area (Å²) in [6, 6.07) is 17.2. The lowest BCUT2D eigenvalue weighted by molar-refractivity contribution is 0.576. The van der Waals surface area contributed by atoms with Crippen molar-refractivity contribution in [3.8, 4) is 5.69 Å². The first-order valence-electron chi connectivity index (χ1n) is 7.04. The molecule has 0 saturated carbocycles. The van der Waals surface area contributed by atoms with Crippen LogP contribution in [0.2, 0.25) is 0 Å². The van der Waals surface area contributed by atoms with E-state index in [1.165, 1.54) is 10.9 Å². The molecular formula is C17H19N3. The largest absolute Gasteiger partial charge is 0.313 e. The Morgan fingerprint density at radius 2 is 2.00 bits per heavy atom. The van der Waals surface area contributed by atoms with Crippen LogP contribution in [0.15, 0.2) is 54.7 Å². The summed E-state index contributed by atoms with van der Waals surface area (Å²) in [6.45, 7) is 2.19. The minimum Gasteiger partial charge on any atom is -0.313 e. The van der Waals surface area contributed by atoms with Crippen molar-refractivity contribution in [2.45, 2.75) is 19.4 Å². The maximum Gasteiger partial charge on any atom is 0.0741 e. The first-order valence-corrected chi connectivity index (χ1v) is 7.04. The van der Waals surface area contributed by atoms with Crippen LogP contribution >= 0.6 is 0 Å². The zero-order valence-electron chi connectivity index (χ0n) is 11.9. The highest BCUT2D eigenvalue weighted by atomic mass is 15.3. The molecule has 1 unspecified atom stereocenters. The van der Waals surface area contributed by atoms with Crippen LogP contribution in [0.25, 0.3) is 16.6 Å². The molecule has 0 aliphatic rings. The molecule has 3 rings (SSSR count). The number of aromatic nitrogens is 2. The Labute approximate surface area is 119 Å². The number of nitrogens with zero attached hydrogens (tertiary/aromatic N) is 2. The molecule has 0 spiro atoms. The average Bonchev–Trinajstić information content (AvgIpc) is 2.93. The zero-order chi connectivity index (χ0) is 13.9. The number of nitrogens with one attached hydrogen (secondary N) is 1. The van der Waals surface area contributed by atoms with E-state index in [0.29, 0.717) is 6.04 Å². The number of rotatable bonds is 4. The van der Waals surface area contributed by atoms with E-state index in [-0.39, 0.29) is 0 Å². The molecule has 1 aromatic heterocycles. The minimum atomic E-state index is 0.386. The molecule has 0 aliphatic carbocycles. The number of hydrogen-bond acceptors (Lipinski definition) is 2. The highest BCUT2D eigenvalue weighted by Crippen LogP contribution is 2.22. The molecule has 1 atom stereocenters. The summed E-state index contributed by atoms with van der Waals surface area (Å²) in [4.78, 5) is 0. The van der Waals surface area contributed by atoms with Gasteiger partial charge in [-0.2, -0.15) is 5.10 Å². The third-order valence-electron chi connectivity index (χ3n) is 3.75. The topological polar surface area (TPSA) is 29.9 Å². The van der Waals surface area contributed by atoms with Gasteiger partial charge >= 0.3 is 0 Å². The molecule has 1 N–H and O–H groups in total. The number of benzene rings is 2. The van der Waals surface area contributed by atoms with Gasteiger partial charge in [-0.1, -0.05) is 37.3 Å². The molecule has 2 aromatic carbocycles. The van der Waals surface area contributed by atoms with Crippen molar-refractivity contribution in [2.75, 3.05) is 7.05 Å². The second-order valence-electron chi connectivity index (χ2n) is 4.96. The summed E-state index contributed by atoms with van der Waals surface area (Å²) in [5, 5.41) is 9.03. The predicted molar refractivity (Wildman–Crippen MR) is 83.2 cm³/mol. The Morgan fingerprint density at radius 3 is 2.80 bits per heavy atom. The van der Waals surface area contributed by atoms with Gasteiger partial charge in [0.05, 0.1) is 17.4 Å². The van der Waals surface area contributed by atoms with Gasteiger partial charge in [0.1, 0.15) is 0 Å². The van der Waals surface area contributed by atoms with Gasteiger partial charge in [-0.05, 0) is 37.2 Å². The van der Waals surface area contributed by atoms with E-state index in [1.54, 1.807) is 0 Å². The molecule has 0 radical (unpaired) electrons. The van der Waals surface area contributed by atoms with Gasteiger partial charge in [0.25, 0.3) is 0 Å². The summed E-state index contributed by atoms with van der Waals surface area (Å²) >= 11 is 0. The third-order valence-corrected chi connectivity index (χ3v) is 3.75. The molecule has 3 heteroatoms. The highest BCUT2D eigenvalue weighted by molar-refractivity contribution is 5.80. The second kappa shape index (κ2) is 5.47. The third kappa shape index (κ3) is 2.21. The van der Waals surface area contributed by atoms with Crippen molar-refractivity contribution < 1.29 is 0 Å². The van der Waals surface area contributed by atoms with Crippen LogP contribution in [-0.2, 0) is 0 Å². The fourth-order valence-electron chi connectivity index (χ4n) is 2.66. The Bertz CT molecular complexity index is 711. The van der Waals surface area contributed by atoms with E-state index >= 15 is 0 Å². The van der Waals surface area contributed by atoms with Crippen molar-refractivity contribution >= 4 is 10.9 Å². The summed E-state index contributed by atoms with van der Waals surface area (Å²) in [5.41, 5.74) is 3.55. The minimum absolute atomic E-state index is 0.386. The number of fused-ring (bicyclic) bond motifs is 1. The maximum atomic E-state index is 4.51. The van der Waals surface area contributed by atoms with Gasteiger partial charge in [0.2, 0.25) is 0 Å². The molecule has 0 aliphatic heterocycles. The van der Waals surface area contributed by atoms with Crippen molar-refractivity contribution in [3.63, 3.8) is 0 Å². The number of para-hydroxylation sites is 1. The Morgan fingerprint density at radius 1 is 1.15 bits per heavy atom. The van der Waals surface area contributed by atoms with Gasteiger partial charge < -0.3 is 5.32 Å². The van der Waals surface area contributed by atoms with E-state index in [0.717, 1.165) is 17.6 Å². The summed E-state index contributed by atoms with van der Waals surface area (Å²) in [5.74, 6) is 0. The molecular weight excluding hydrogens is 246 g/mol. The van der Waals surface area contributed by atoms with Gasteiger partial charge in [-0.15, -0.1) is 0 Å². The van der Waals surface area contributed by atoms with Crippen molar-refractivity contribution in [2.24, 2.45) is 0 Å². The fourth-order valence-corrected chi connectivity index (χ4v) is 2.66. The van der Waals surface area contributed by atoms with Crippen LogP contribution < -0.4 is 5.32 Å². The smallest absolute Gasteiger partial charge is 0.0741 e. The van der Waals surface area contributed by atoms with E-state index in [4.69, 9.17) is 0 Å². The van der Waals surface area contributed by atoms with E-state index in [2.05, 4.69) is 53.7 Å². The number of hydrogen-bond donors (Lipinski definition) is 1. The molecule has 20 heavy (non-hydrogen) atoms. The van der Waals surface area contributed by atoms with Crippen LogP contribution in [0.3, 0.4) is 0 Å². The first kappa shape index (κ1) is 12.9. The highest BCUT2D eigenvalue weighted by Gasteiger charge is 2.09. The lowest BCUT2D eigenvalue weighted by Crippen LogP contribution is -2.15. The van der Waals surface area contributed by atoms with E-state index in [9.17, 15) is 0 Å². The van der Waals surface area contributed by atoms with Crippen LogP contribution in [-0.4, -0.2) is 16.8 Å². The maximum absolute atomic E-state index is 4.51. The zero-order valence-corrected chi connectivity index (χ0v) is 11.9. The quantitative estimate of drug-likeness (QED) is 0.779. The first-order chi connectivity index (χ1) is 9.83. The summed E-state index contributed by atoms with van der Waals surface area (Å²) < 4.78 is 2.00. The van der Waals surface area contributed by atoms with Gasteiger partial charge in [-0.3, -0.25) is 0 Å². The van der Waals surface area contributed by atoms with Gasteiger partial charge in [0, 0.05) is 11.4 Å².